The SMILES string of the molecule is CC(N)=NC1Cc2cc(O)c(O)cc2[N+](C)(C)C1. The third-order valence-corrected chi connectivity index (χ3v) is 3.34. The van der Waals surface area contributed by atoms with Gasteiger partial charge in [0, 0.05) is 18.1 Å². The van der Waals surface area contributed by atoms with Crippen LogP contribution in [0.25, 0.3) is 0 Å². The predicted octanol–water partition coefficient (Wildman–Crippen LogP) is 0.966. The topological polar surface area (TPSA) is 78.8 Å². The molecule has 0 radical (unpaired) electrons. The zero-order chi connectivity index (χ0) is 13.5. The number of hydrogen-bond donors (Lipinski definition) is 3. The zero-order valence-corrected chi connectivity index (χ0v) is 11.0. The number of phenolic OH excluding ortho intramolecular Hbond substituents is 2. The van der Waals surface area contributed by atoms with Gasteiger partial charge in [-0.1, -0.05) is 0 Å². The highest BCUT2D eigenvalue weighted by atomic mass is 16.3. The van der Waals surface area contributed by atoms with Gasteiger partial charge in [-0.25, -0.2) is 0 Å². The van der Waals surface area contributed by atoms with Crippen LogP contribution in [-0.2, 0) is 6.42 Å². The number of benzene rings is 1. The minimum Gasteiger partial charge on any atom is -0.504 e. The average molecular weight is 250 g/mol. The molecule has 1 aromatic carbocycles. The van der Waals surface area contributed by atoms with E-state index in [-0.39, 0.29) is 17.5 Å². The quantitative estimate of drug-likeness (QED) is 0.301. The van der Waals surface area contributed by atoms with Crippen LogP contribution in [0.1, 0.15) is 12.5 Å². The van der Waals surface area contributed by atoms with Gasteiger partial charge in [-0.15, -0.1) is 0 Å². The van der Waals surface area contributed by atoms with E-state index >= 15 is 0 Å². The van der Waals surface area contributed by atoms with Gasteiger partial charge in [0.25, 0.3) is 0 Å². The third kappa shape index (κ3) is 2.26. The Morgan fingerprint density at radius 1 is 1.33 bits per heavy atom. The highest BCUT2D eigenvalue weighted by molar-refractivity contribution is 5.77. The molecule has 1 aromatic rings. The van der Waals surface area contributed by atoms with Crippen molar-refractivity contribution in [3.05, 3.63) is 17.7 Å². The molecule has 1 heterocycles. The first-order chi connectivity index (χ1) is 8.29. The molecule has 0 amide bonds. The molecule has 0 saturated heterocycles. The molecule has 1 unspecified atom stereocenters. The molecule has 1 aliphatic heterocycles. The molecule has 1 aliphatic rings. The van der Waals surface area contributed by atoms with E-state index in [0.717, 1.165) is 24.2 Å². The lowest BCUT2D eigenvalue weighted by atomic mass is 9.96. The molecule has 0 aliphatic carbocycles. The highest BCUT2D eigenvalue weighted by Gasteiger charge is 2.34. The van der Waals surface area contributed by atoms with E-state index in [1.165, 1.54) is 0 Å². The van der Waals surface area contributed by atoms with Gasteiger partial charge in [-0.3, -0.25) is 9.48 Å². The first kappa shape index (κ1) is 12.7. The first-order valence-corrected chi connectivity index (χ1v) is 5.98. The van der Waals surface area contributed by atoms with E-state index < -0.39 is 0 Å². The molecule has 98 valence electrons. The summed E-state index contributed by atoms with van der Waals surface area (Å²) < 4.78 is 0.616. The second kappa shape index (κ2) is 4.17. The lowest BCUT2D eigenvalue weighted by Crippen LogP contribution is -2.50. The first-order valence-electron chi connectivity index (χ1n) is 5.98. The van der Waals surface area contributed by atoms with Gasteiger partial charge in [-0.05, 0) is 13.0 Å². The summed E-state index contributed by atoms with van der Waals surface area (Å²) in [6, 6.07) is 3.37. The Morgan fingerprint density at radius 3 is 2.56 bits per heavy atom. The second-order valence-electron chi connectivity index (χ2n) is 5.47. The molecule has 0 fully saturated rings. The van der Waals surface area contributed by atoms with Crippen molar-refractivity contribution in [2.24, 2.45) is 10.7 Å². The molecular formula is C13H20N3O2+. The van der Waals surface area contributed by atoms with Gasteiger partial charge >= 0.3 is 0 Å². The molecule has 0 saturated carbocycles. The summed E-state index contributed by atoms with van der Waals surface area (Å²) in [5, 5.41) is 19.2. The molecule has 18 heavy (non-hydrogen) atoms. The Bertz CT molecular complexity index is 505. The highest BCUT2D eigenvalue weighted by Crippen LogP contribution is 2.39. The number of amidine groups is 1. The van der Waals surface area contributed by atoms with Gasteiger partial charge in [-0.2, -0.15) is 0 Å². The Hall–Kier alpha value is -1.75. The zero-order valence-electron chi connectivity index (χ0n) is 11.0. The van der Waals surface area contributed by atoms with Gasteiger partial charge in [0.05, 0.1) is 19.9 Å². The summed E-state index contributed by atoms with van der Waals surface area (Å²) >= 11 is 0. The Morgan fingerprint density at radius 2 is 1.94 bits per heavy atom. The van der Waals surface area contributed by atoms with Crippen LogP contribution in [0.2, 0.25) is 0 Å². The molecule has 2 rings (SSSR count). The molecule has 0 bridgehead atoms. The summed E-state index contributed by atoms with van der Waals surface area (Å²) in [6.07, 6.45) is 0.736. The maximum atomic E-state index is 9.61. The minimum absolute atomic E-state index is 0.0723. The van der Waals surface area contributed by atoms with E-state index in [0.29, 0.717) is 10.3 Å². The summed E-state index contributed by atoms with van der Waals surface area (Å²) in [5.41, 5.74) is 7.67. The fourth-order valence-corrected chi connectivity index (χ4v) is 2.65. The van der Waals surface area contributed by atoms with Gasteiger partial charge in [0.15, 0.2) is 11.5 Å². The third-order valence-electron chi connectivity index (χ3n) is 3.34. The van der Waals surface area contributed by atoms with Gasteiger partial charge in [0.2, 0.25) is 0 Å². The second-order valence-corrected chi connectivity index (χ2v) is 5.47. The average Bonchev–Trinajstić information content (AvgIpc) is 2.19. The number of nitrogens with zero attached hydrogens (tertiary/aromatic N) is 2. The van der Waals surface area contributed by atoms with Crippen LogP contribution in [0.15, 0.2) is 17.1 Å². The number of rotatable bonds is 1. The number of nitrogens with two attached hydrogens (primary N) is 1. The van der Waals surface area contributed by atoms with Crippen molar-refractivity contribution in [2.45, 2.75) is 19.4 Å². The fourth-order valence-electron chi connectivity index (χ4n) is 2.65. The molecule has 0 aromatic heterocycles. The largest absolute Gasteiger partial charge is 0.504 e. The van der Waals surface area contributed by atoms with Crippen LogP contribution in [0.4, 0.5) is 5.69 Å². The maximum Gasteiger partial charge on any atom is 0.163 e. The molecule has 4 N–H and O–H groups in total. The number of phenols is 2. The van der Waals surface area contributed by atoms with E-state index in [1.807, 2.05) is 0 Å². The molecular weight excluding hydrogens is 230 g/mol. The van der Waals surface area contributed by atoms with Crippen molar-refractivity contribution in [3.63, 3.8) is 0 Å². The molecule has 5 heteroatoms. The summed E-state index contributed by atoms with van der Waals surface area (Å²) in [7, 11) is 4.12. The number of hydrogen-bond acceptors (Lipinski definition) is 3. The lowest BCUT2D eigenvalue weighted by molar-refractivity contribution is 0.336. The van der Waals surface area contributed by atoms with E-state index in [9.17, 15) is 10.2 Å². The van der Waals surface area contributed by atoms with Crippen LogP contribution < -0.4 is 10.2 Å². The minimum atomic E-state index is -0.0807. The van der Waals surface area contributed by atoms with Crippen LogP contribution in [0.5, 0.6) is 11.5 Å². The molecule has 0 spiro atoms. The van der Waals surface area contributed by atoms with Crippen molar-refractivity contribution in [1.82, 2.24) is 4.48 Å². The maximum absolute atomic E-state index is 9.61. The lowest BCUT2D eigenvalue weighted by Gasteiger charge is -2.37. The number of likely N-dealkylation sites (N-methyl/N-ethyl adjacent to an activating group) is 1. The number of quaternary nitrogens is 1. The van der Waals surface area contributed by atoms with E-state index in [4.69, 9.17) is 5.73 Å². The monoisotopic (exact) mass is 250 g/mol. The van der Waals surface area contributed by atoms with Crippen molar-refractivity contribution < 1.29 is 10.2 Å². The number of aromatic hydroxyl groups is 2. The van der Waals surface area contributed by atoms with Crippen molar-refractivity contribution in [3.8, 4) is 11.5 Å². The Labute approximate surface area is 107 Å². The number of aliphatic imine (C=N–C) groups is 1. The van der Waals surface area contributed by atoms with Crippen molar-refractivity contribution >= 4 is 11.5 Å². The smallest absolute Gasteiger partial charge is 0.163 e. The normalized spacial score (nSPS) is 22.6. The Kier molecular flexibility index (Phi) is 2.94. The van der Waals surface area contributed by atoms with Crippen LogP contribution in [0, 0.1) is 0 Å². The van der Waals surface area contributed by atoms with Crippen molar-refractivity contribution in [2.75, 3.05) is 20.6 Å². The van der Waals surface area contributed by atoms with E-state index in [2.05, 4.69) is 19.1 Å². The molecule has 5 nitrogen and oxygen atoms in total. The fraction of sp³-hybridized carbons (Fsp3) is 0.462. The Balaban J connectivity index is 2.46. The number of fused-ring (bicyclic) bond motifs is 1. The van der Waals surface area contributed by atoms with E-state index in [1.54, 1.807) is 19.1 Å². The van der Waals surface area contributed by atoms with Crippen LogP contribution in [0.3, 0.4) is 0 Å². The summed E-state index contributed by atoms with van der Waals surface area (Å²) in [4.78, 5) is 4.42. The van der Waals surface area contributed by atoms with Gasteiger partial charge < -0.3 is 15.9 Å². The summed E-state index contributed by atoms with van der Waals surface area (Å²) in [6.45, 7) is 2.61. The van der Waals surface area contributed by atoms with Crippen molar-refractivity contribution in [1.29, 1.82) is 0 Å². The predicted molar refractivity (Wildman–Crippen MR) is 73.1 cm³/mol. The molecule has 1 atom stereocenters. The van der Waals surface area contributed by atoms with Crippen LogP contribution in [-0.4, -0.2) is 42.7 Å². The van der Waals surface area contributed by atoms with Crippen LogP contribution >= 0.6 is 0 Å². The van der Waals surface area contributed by atoms with Gasteiger partial charge in [0.1, 0.15) is 18.3 Å². The summed E-state index contributed by atoms with van der Waals surface area (Å²) in [5.74, 6) is 0.422. The standard InChI is InChI=1S/C13H19N3O2/c1-8(14)15-10-4-9-5-12(17)13(18)6-11(9)16(2,3)7-10/h5-6,10H,4,7H2,1-3H3,(H3-,14,15,17,18)/p+1.